The maximum atomic E-state index is 11.7. The fourth-order valence-electron chi connectivity index (χ4n) is 0.703. The summed E-state index contributed by atoms with van der Waals surface area (Å²) < 4.78 is 16.6. The summed E-state index contributed by atoms with van der Waals surface area (Å²) in [7, 11) is 0. The van der Waals surface area contributed by atoms with Crippen LogP contribution in [0.1, 0.15) is 26.7 Å². The first-order valence-electron chi connectivity index (χ1n) is 4.56. The van der Waals surface area contributed by atoms with Crippen LogP contribution in [-0.4, -0.2) is 30.3 Å². The maximum absolute atomic E-state index is 11.7. The molecule has 4 heteroatoms. The van der Waals surface area contributed by atoms with Crippen LogP contribution in [0.25, 0.3) is 0 Å². The molecule has 0 spiro atoms. The van der Waals surface area contributed by atoms with Crippen LogP contribution < -0.4 is 0 Å². The highest BCUT2D eigenvalue weighted by Crippen LogP contribution is 2.13. The molecular weight excluding hydrogens is 191 g/mol. The lowest BCUT2D eigenvalue weighted by Crippen LogP contribution is -2.17. The molecule has 0 saturated carbocycles. The zero-order chi connectivity index (χ0) is 10.1. The molecule has 13 heavy (non-hydrogen) atoms. The number of rotatable bonds is 7. The highest BCUT2D eigenvalue weighted by atomic mass is 32.2. The van der Waals surface area contributed by atoms with E-state index in [4.69, 9.17) is 4.74 Å². The molecule has 0 radical (unpaired) electrons. The Hall–Kier alpha value is -0.250. The molecule has 0 rings (SSSR count). The second kappa shape index (κ2) is 8.35. The summed E-state index contributed by atoms with van der Waals surface area (Å²) in [5.41, 5.74) is 0. The van der Waals surface area contributed by atoms with Gasteiger partial charge < -0.3 is 4.74 Å². The van der Waals surface area contributed by atoms with Gasteiger partial charge in [-0.3, -0.25) is 9.18 Å². The Kier molecular flexibility index (Phi) is 8.19. The maximum Gasteiger partial charge on any atom is 0.318 e. The number of hydrogen-bond donors (Lipinski definition) is 0. The predicted molar refractivity (Wildman–Crippen MR) is 53.8 cm³/mol. The van der Waals surface area contributed by atoms with Gasteiger partial charge in [-0.25, -0.2) is 0 Å². The Morgan fingerprint density at radius 2 is 2.31 bits per heavy atom. The van der Waals surface area contributed by atoms with Crippen LogP contribution in [0, 0.1) is 0 Å². The van der Waals surface area contributed by atoms with E-state index in [1.165, 1.54) is 11.8 Å². The molecule has 0 bridgehead atoms. The van der Waals surface area contributed by atoms with Crippen LogP contribution in [0.3, 0.4) is 0 Å². The molecule has 0 aromatic rings. The van der Waals surface area contributed by atoms with E-state index >= 15 is 0 Å². The molecular formula is C9H17FO2S. The molecule has 0 aliphatic heterocycles. The standard InChI is InChI=1S/C9H17FO2S/c1-3-6-12-9(11)8(2)13-7-4-5-10/h8H,3-7H2,1-2H3. The normalized spacial score (nSPS) is 12.5. The number of esters is 1. The van der Waals surface area contributed by atoms with E-state index in [0.717, 1.165) is 6.42 Å². The lowest BCUT2D eigenvalue weighted by molar-refractivity contribution is -0.142. The van der Waals surface area contributed by atoms with Crippen molar-refractivity contribution in [2.45, 2.75) is 31.9 Å². The summed E-state index contributed by atoms with van der Waals surface area (Å²) in [5, 5.41) is -0.168. The molecule has 78 valence electrons. The van der Waals surface area contributed by atoms with Gasteiger partial charge in [-0.15, -0.1) is 11.8 Å². The van der Waals surface area contributed by atoms with E-state index in [1.54, 1.807) is 6.92 Å². The van der Waals surface area contributed by atoms with Crippen LogP contribution in [0.4, 0.5) is 4.39 Å². The van der Waals surface area contributed by atoms with Crippen LogP contribution in [-0.2, 0) is 9.53 Å². The fraction of sp³-hybridized carbons (Fsp3) is 0.889. The summed E-state index contributed by atoms with van der Waals surface area (Å²) in [4.78, 5) is 11.2. The van der Waals surface area contributed by atoms with Gasteiger partial charge in [0, 0.05) is 0 Å². The monoisotopic (exact) mass is 208 g/mol. The van der Waals surface area contributed by atoms with Gasteiger partial charge in [0.25, 0.3) is 0 Å². The van der Waals surface area contributed by atoms with Gasteiger partial charge in [0.1, 0.15) is 0 Å². The van der Waals surface area contributed by atoms with E-state index in [0.29, 0.717) is 18.8 Å². The van der Waals surface area contributed by atoms with Gasteiger partial charge in [-0.2, -0.15) is 0 Å². The summed E-state index contributed by atoms with van der Waals surface area (Å²) in [6, 6.07) is 0. The van der Waals surface area contributed by atoms with Gasteiger partial charge in [0.15, 0.2) is 0 Å². The minimum absolute atomic E-state index is 0.168. The van der Waals surface area contributed by atoms with Gasteiger partial charge in [0.05, 0.1) is 18.5 Å². The van der Waals surface area contributed by atoms with Crippen molar-refractivity contribution in [3.8, 4) is 0 Å². The molecule has 0 aromatic carbocycles. The number of thioether (sulfide) groups is 1. The second-order valence-electron chi connectivity index (χ2n) is 2.72. The Labute approximate surface area is 83.2 Å². The van der Waals surface area contributed by atoms with Crippen molar-refractivity contribution in [1.29, 1.82) is 0 Å². The molecule has 0 aliphatic carbocycles. The topological polar surface area (TPSA) is 26.3 Å². The molecule has 0 aromatic heterocycles. The zero-order valence-electron chi connectivity index (χ0n) is 8.22. The number of ether oxygens (including phenoxy) is 1. The Morgan fingerprint density at radius 3 is 2.85 bits per heavy atom. The largest absolute Gasteiger partial charge is 0.465 e. The number of hydrogen-bond acceptors (Lipinski definition) is 3. The number of alkyl halides is 1. The predicted octanol–water partition coefficient (Wildman–Crippen LogP) is 2.42. The first-order valence-corrected chi connectivity index (χ1v) is 5.61. The smallest absolute Gasteiger partial charge is 0.318 e. The average Bonchev–Trinajstić information content (AvgIpc) is 2.14. The molecule has 1 atom stereocenters. The molecule has 0 heterocycles. The minimum atomic E-state index is -0.316. The molecule has 0 fully saturated rings. The highest BCUT2D eigenvalue weighted by molar-refractivity contribution is 8.00. The lowest BCUT2D eigenvalue weighted by atomic mass is 10.5. The van der Waals surface area contributed by atoms with Crippen molar-refractivity contribution in [2.24, 2.45) is 0 Å². The molecule has 0 amide bonds. The summed E-state index contributed by atoms with van der Waals surface area (Å²) in [5.74, 6) is 0.490. The van der Waals surface area contributed by atoms with Gasteiger partial charge in [-0.05, 0) is 25.5 Å². The average molecular weight is 208 g/mol. The van der Waals surface area contributed by atoms with E-state index in [2.05, 4.69) is 0 Å². The lowest BCUT2D eigenvalue weighted by Gasteiger charge is -2.09. The third-order valence-corrected chi connectivity index (χ3v) is 2.64. The number of carbonyl (C=O) groups excluding carboxylic acids is 1. The van der Waals surface area contributed by atoms with Crippen LogP contribution in [0.5, 0.6) is 0 Å². The molecule has 0 N–H and O–H groups in total. The highest BCUT2D eigenvalue weighted by Gasteiger charge is 2.13. The van der Waals surface area contributed by atoms with E-state index in [1.807, 2.05) is 6.92 Å². The van der Waals surface area contributed by atoms with Crippen LogP contribution in [0.15, 0.2) is 0 Å². The van der Waals surface area contributed by atoms with Crippen molar-refractivity contribution in [3.05, 3.63) is 0 Å². The van der Waals surface area contributed by atoms with Crippen LogP contribution in [0.2, 0.25) is 0 Å². The van der Waals surface area contributed by atoms with E-state index < -0.39 is 0 Å². The van der Waals surface area contributed by atoms with Crippen molar-refractivity contribution < 1.29 is 13.9 Å². The first-order chi connectivity index (χ1) is 6.22. The molecule has 0 aliphatic rings. The van der Waals surface area contributed by atoms with E-state index in [-0.39, 0.29) is 17.9 Å². The van der Waals surface area contributed by atoms with Crippen molar-refractivity contribution in [1.82, 2.24) is 0 Å². The fourth-order valence-corrected chi connectivity index (χ4v) is 1.54. The molecule has 0 saturated heterocycles. The van der Waals surface area contributed by atoms with Crippen LogP contribution >= 0.6 is 11.8 Å². The Balaban J connectivity index is 3.45. The third kappa shape index (κ3) is 6.87. The Bertz CT molecular complexity index is 142. The summed E-state index contributed by atoms with van der Waals surface area (Å²) >= 11 is 1.44. The number of halogens is 1. The van der Waals surface area contributed by atoms with Crippen molar-refractivity contribution in [2.75, 3.05) is 19.0 Å². The molecule has 1 unspecified atom stereocenters. The van der Waals surface area contributed by atoms with E-state index in [9.17, 15) is 9.18 Å². The van der Waals surface area contributed by atoms with Crippen molar-refractivity contribution >= 4 is 17.7 Å². The quantitative estimate of drug-likeness (QED) is 0.475. The van der Waals surface area contributed by atoms with Crippen molar-refractivity contribution in [3.63, 3.8) is 0 Å². The van der Waals surface area contributed by atoms with Gasteiger partial charge in [-0.1, -0.05) is 6.92 Å². The first kappa shape index (κ1) is 12.8. The summed E-state index contributed by atoms with van der Waals surface area (Å²) in [6.45, 7) is 3.91. The number of carbonyl (C=O) groups is 1. The van der Waals surface area contributed by atoms with Gasteiger partial charge in [0.2, 0.25) is 0 Å². The second-order valence-corrected chi connectivity index (χ2v) is 4.17. The summed E-state index contributed by atoms with van der Waals surface area (Å²) in [6.07, 6.45) is 1.35. The van der Waals surface area contributed by atoms with Gasteiger partial charge >= 0.3 is 5.97 Å². The SMILES string of the molecule is CCCOC(=O)C(C)SCCCF. The third-order valence-electron chi connectivity index (χ3n) is 1.43. The zero-order valence-corrected chi connectivity index (χ0v) is 9.03. The Morgan fingerprint density at radius 1 is 1.62 bits per heavy atom. The molecule has 2 nitrogen and oxygen atoms in total. The minimum Gasteiger partial charge on any atom is -0.465 e.